The third-order valence-corrected chi connectivity index (χ3v) is 3.21. The van der Waals surface area contributed by atoms with E-state index in [0.29, 0.717) is 0 Å². The Morgan fingerprint density at radius 3 is 2.64 bits per heavy atom. The molecule has 0 fully saturated rings. The SMILES string of the molecule is CN=[S-](=O)c1ccccc1Br. The smallest absolute Gasteiger partial charge is 0.00263 e. The van der Waals surface area contributed by atoms with Crippen molar-refractivity contribution in [1.29, 1.82) is 0 Å². The van der Waals surface area contributed by atoms with Crippen molar-refractivity contribution in [3.8, 4) is 0 Å². The second-order valence-electron chi connectivity index (χ2n) is 1.86. The average molecular weight is 233 g/mol. The van der Waals surface area contributed by atoms with Crippen molar-refractivity contribution in [1.82, 2.24) is 0 Å². The third kappa shape index (κ3) is 2.04. The highest BCUT2D eigenvalue weighted by Crippen LogP contribution is 2.17. The molecule has 0 atom stereocenters. The van der Waals surface area contributed by atoms with Crippen LogP contribution in [0.5, 0.6) is 0 Å². The van der Waals surface area contributed by atoms with Gasteiger partial charge in [0.1, 0.15) is 0 Å². The molecule has 0 saturated heterocycles. The van der Waals surface area contributed by atoms with Gasteiger partial charge in [0.05, 0.1) is 0 Å². The Bertz CT molecular complexity index is 331. The maximum absolute atomic E-state index is 11.1. The van der Waals surface area contributed by atoms with Gasteiger partial charge in [-0.1, -0.05) is 39.0 Å². The summed E-state index contributed by atoms with van der Waals surface area (Å²) in [6, 6.07) is 7.34. The molecule has 0 heterocycles. The molecule has 0 amide bonds. The van der Waals surface area contributed by atoms with Crippen LogP contribution in [0.2, 0.25) is 0 Å². The van der Waals surface area contributed by atoms with Gasteiger partial charge >= 0.3 is 0 Å². The minimum absolute atomic E-state index is 0.718. The minimum Gasteiger partial charge on any atom is -0.440 e. The van der Waals surface area contributed by atoms with Crippen LogP contribution in [0.15, 0.2) is 38.0 Å². The van der Waals surface area contributed by atoms with Crippen LogP contribution in [-0.4, -0.2) is 7.05 Å². The standard InChI is InChI=1S/C7H7BrNOS/c1-9-11(10)7-5-3-2-4-6(7)8/h2-5H,1H3/q-1. The van der Waals surface area contributed by atoms with E-state index in [1.807, 2.05) is 18.2 Å². The Hall–Kier alpha value is -0.350. The van der Waals surface area contributed by atoms with E-state index in [4.69, 9.17) is 0 Å². The molecular weight excluding hydrogens is 226 g/mol. The summed E-state index contributed by atoms with van der Waals surface area (Å²) in [6.45, 7) is 0. The summed E-state index contributed by atoms with van der Waals surface area (Å²) in [5, 5.41) is 0. The van der Waals surface area contributed by atoms with Crippen molar-refractivity contribution in [3.63, 3.8) is 0 Å². The zero-order chi connectivity index (χ0) is 8.27. The van der Waals surface area contributed by atoms with E-state index in [1.165, 1.54) is 7.05 Å². The Labute approximate surface area is 76.0 Å². The Morgan fingerprint density at radius 2 is 2.09 bits per heavy atom. The number of benzene rings is 1. The van der Waals surface area contributed by atoms with Crippen LogP contribution < -0.4 is 0 Å². The van der Waals surface area contributed by atoms with Crippen molar-refractivity contribution >= 4 is 26.5 Å². The Kier molecular flexibility index (Phi) is 3.08. The molecule has 0 aliphatic heterocycles. The predicted octanol–water partition coefficient (Wildman–Crippen LogP) is 2.59. The van der Waals surface area contributed by atoms with Crippen molar-refractivity contribution in [2.75, 3.05) is 7.05 Å². The first kappa shape index (κ1) is 8.74. The van der Waals surface area contributed by atoms with Gasteiger partial charge < -0.3 is 8.57 Å². The van der Waals surface area contributed by atoms with Crippen molar-refractivity contribution in [3.05, 3.63) is 28.7 Å². The number of nitrogens with zero attached hydrogens (tertiary/aromatic N) is 1. The molecule has 1 rings (SSSR count). The third-order valence-electron chi connectivity index (χ3n) is 1.19. The predicted molar refractivity (Wildman–Crippen MR) is 48.8 cm³/mol. The van der Waals surface area contributed by atoms with Gasteiger partial charge in [0.25, 0.3) is 0 Å². The molecule has 11 heavy (non-hydrogen) atoms. The topological polar surface area (TPSA) is 29.4 Å². The second-order valence-corrected chi connectivity index (χ2v) is 4.02. The first-order valence-corrected chi connectivity index (χ1v) is 4.92. The van der Waals surface area contributed by atoms with Gasteiger partial charge in [0, 0.05) is 11.5 Å². The maximum atomic E-state index is 11.1. The molecule has 0 aliphatic rings. The molecule has 0 saturated carbocycles. The lowest BCUT2D eigenvalue weighted by molar-refractivity contribution is 0.599. The van der Waals surface area contributed by atoms with E-state index in [-0.39, 0.29) is 0 Å². The van der Waals surface area contributed by atoms with E-state index in [1.54, 1.807) is 6.07 Å². The highest BCUT2D eigenvalue weighted by molar-refractivity contribution is 9.10. The summed E-state index contributed by atoms with van der Waals surface area (Å²) in [7, 11) is 0.313. The van der Waals surface area contributed by atoms with Gasteiger partial charge in [-0.05, 0) is 6.07 Å². The van der Waals surface area contributed by atoms with Crippen LogP contribution >= 0.6 is 15.9 Å². The molecule has 0 aliphatic carbocycles. The van der Waals surface area contributed by atoms with Crippen LogP contribution in [0.1, 0.15) is 0 Å². The molecular formula is C7H7BrNOS-. The Balaban J connectivity index is 3.25. The summed E-state index contributed by atoms with van der Waals surface area (Å²) in [5.74, 6) is 0. The minimum atomic E-state index is -1.22. The van der Waals surface area contributed by atoms with Crippen LogP contribution in [-0.2, 0) is 14.8 Å². The fraction of sp³-hybridized carbons (Fsp3) is 0.143. The highest BCUT2D eigenvalue weighted by Gasteiger charge is 1.87. The van der Waals surface area contributed by atoms with Crippen molar-refractivity contribution in [2.24, 2.45) is 4.36 Å². The number of rotatable bonds is 1. The molecule has 2 nitrogen and oxygen atoms in total. The first-order valence-electron chi connectivity index (χ1n) is 3.02. The van der Waals surface area contributed by atoms with Crippen LogP contribution in [0.3, 0.4) is 0 Å². The lowest BCUT2D eigenvalue weighted by atomic mass is 10.4. The summed E-state index contributed by atoms with van der Waals surface area (Å²) < 4.78 is 15.6. The van der Waals surface area contributed by atoms with E-state index >= 15 is 0 Å². The molecule has 0 aromatic heterocycles. The largest absolute Gasteiger partial charge is 0.440 e. The molecule has 4 heteroatoms. The van der Waals surface area contributed by atoms with Gasteiger partial charge in [0.15, 0.2) is 0 Å². The molecule has 1 aromatic carbocycles. The number of hydrogen-bond donors (Lipinski definition) is 0. The van der Waals surface area contributed by atoms with Crippen LogP contribution in [0.4, 0.5) is 0 Å². The molecule has 60 valence electrons. The van der Waals surface area contributed by atoms with Gasteiger partial charge in [-0.3, -0.25) is 0 Å². The van der Waals surface area contributed by atoms with E-state index in [0.717, 1.165) is 9.37 Å². The van der Waals surface area contributed by atoms with Gasteiger partial charge in [-0.2, -0.15) is 10.6 Å². The molecule has 0 spiro atoms. The lowest BCUT2D eigenvalue weighted by Crippen LogP contribution is -1.79. The van der Waals surface area contributed by atoms with Crippen LogP contribution in [0.25, 0.3) is 0 Å². The van der Waals surface area contributed by atoms with Gasteiger partial charge in [0.2, 0.25) is 0 Å². The number of halogens is 1. The quantitative estimate of drug-likeness (QED) is 0.685. The summed E-state index contributed by atoms with van der Waals surface area (Å²) in [5.41, 5.74) is 0. The van der Waals surface area contributed by atoms with E-state index in [9.17, 15) is 4.21 Å². The molecule has 0 radical (unpaired) electrons. The zero-order valence-corrected chi connectivity index (χ0v) is 8.35. The molecule has 1 aromatic rings. The first-order chi connectivity index (χ1) is 5.25. The Morgan fingerprint density at radius 1 is 1.45 bits per heavy atom. The molecule has 0 bridgehead atoms. The fourth-order valence-electron chi connectivity index (χ4n) is 0.685. The van der Waals surface area contributed by atoms with E-state index in [2.05, 4.69) is 20.3 Å². The number of hydrogen-bond acceptors (Lipinski definition) is 3. The summed E-state index contributed by atoms with van der Waals surface area (Å²) in [6.07, 6.45) is 0. The maximum Gasteiger partial charge on any atom is 0.00263 e. The highest BCUT2D eigenvalue weighted by atomic mass is 79.9. The van der Waals surface area contributed by atoms with Gasteiger partial charge in [-0.15, -0.1) is 0 Å². The fourth-order valence-corrected chi connectivity index (χ4v) is 2.01. The lowest BCUT2D eigenvalue weighted by Gasteiger charge is -2.05. The summed E-state index contributed by atoms with van der Waals surface area (Å²) >= 11 is 3.28. The molecule has 0 unspecified atom stereocenters. The van der Waals surface area contributed by atoms with Crippen molar-refractivity contribution < 1.29 is 4.21 Å². The second kappa shape index (κ2) is 3.88. The normalized spacial score (nSPS) is 13.3. The summed E-state index contributed by atoms with van der Waals surface area (Å²) in [4.78, 5) is 0.718. The van der Waals surface area contributed by atoms with Crippen LogP contribution in [0, 0.1) is 0 Å². The zero-order valence-electron chi connectivity index (χ0n) is 5.95. The van der Waals surface area contributed by atoms with Crippen molar-refractivity contribution in [2.45, 2.75) is 4.90 Å². The monoisotopic (exact) mass is 232 g/mol. The molecule has 0 N–H and O–H groups in total. The van der Waals surface area contributed by atoms with Gasteiger partial charge in [-0.25, -0.2) is 0 Å². The van der Waals surface area contributed by atoms with E-state index < -0.39 is 10.6 Å². The average Bonchev–Trinajstić information content (AvgIpc) is 2.04.